The van der Waals surface area contributed by atoms with Gasteiger partial charge in [-0.05, 0) is 43.5 Å². The van der Waals surface area contributed by atoms with Gasteiger partial charge in [0.2, 0.25) is 0 Å². The number of aromatic nitrogens is 4. The third-order valence-corrected chi connectivity index (χ3v) is 6.87. The van der Waals surface area contributed by atoms with Crippen LogP contribution < -0.4 is 0 Å². The zero-order chi connectivity index (χ0) is 25.6. The van der Waals surface area contributed by atoms with Gasteiger partial charge in [-0.15, -0.1) is 0 Å². The highest BCUT2D eigenvalue weighted by molar-refractivity contribution is 5.98. The Bertz CT molecular complexity index is 1240. The first kappa shape index (κ1) is 24.5. The fraction of sp³-hybridized carbons (Fsp3) is 0.440. The molecule has 2 fully saturated rings. The first-order valence-corrected chi connectivity index (χ1v) is 11.6. The highest BCUT2D eigenvalue weighted by Crippen LogP contribution is 2.46. The van der Waals surface area contributed by atoms with Crippen LogP contribution in [0.2, 0.25) is 0 Å². The molecule has 4 heterocycles. The highest BCUT2D eigenvalue weighted by atomic mass is 19.4. The number of Topliss-reactive ketones (excluding diaryl/α,β-unsaturated/α-hetero) is 1. The van der Waals surface area contributed by atoms with Crippen molar-refractivity contribution < 1.29 is 31.8 Å². The third-order valence-electron chi connectivity index (χ3n) is 6.87. The molecule has 1 saturated heterocycles. The van der Waals surface area contributed by atoms with E-state index in [2.05, 4.69) is 15.1 Å². The highest BCUT2D eigenvalue weighted by Gasteiger charge is 2.48. The molecule has 0 unspecified atom stereocenters. The van der Waals surface area contributed by atoms with E-state index in [1.165, 1.54) is 23.1 Å². The van der Waals surface area contributed by atoms with Crippen LogP contribution in [-0.4, -0.2) is 44.5 Å². The van der Waals surface area contributed by atoms with Gasteiger partial charge in [-0.25, -0.2) is 14.1 Å². The van der Waals surface area contributed by atoms with E-state index in [1.807, 2.05) is 0 Å². The van der Waals surface area contributed by atoms with Crippen molar-refractivity contribution in [1.82, 2.24) is 19.7 Å². The number of ketones is 1. The number of rotatable bonds is 5. The lowest BCUT2D eigenvalue weighted by atomic mass is 9.80. The first-order valence-electron chi connectivity index (χ1n) is 11.6. The lowest BCUT2D eigenvalue weighted by Crippen LogP contribution is -2.40. The van der Waals surface area contributed by atoms with Crippen molar-refractivity contribution >= 4 is 5.78 Å². The van der Waals surface area contributed by atoms with Crippen LogP contribution in [-0.2, 0) is 27.7 Å². The maximum Gasteiger partial charge on any atom is 0.417 e. The summed E-state index contributed by atoms with van der Waals surface area (Å²) in [6, 6.07) is 5.41. The van der Waals surface area contributed by atoms with Gasteiger partial charge in [0.05, 0.1) is 41.9 Å². The lowest BCUT2D eigenvalue weighted by molar-refractivity contribution is -0.195. The van der Waals surface area contributed by atoms with Crippen molar-refractivity contribution in [3.05, 3.63) is 70.9 Å². The molecule has 1 aliphatic carbocycles. The second-order valence-electron chi connectivity index (χ2n) is 9.18. The van der Waals surface area contributed by atoms with Crippen LogP contribution in [0.1, 0.15) is 58.6 Å². The summed E-state index contributed by atoms with van der Waals surface area (Å²) in [7, 11) is 0. The summed E-state index contributed by atoms with van der Waals surface area (Å²) in [4.78, 5) is 21.0. The molecule has 3 aromatic rings. The summed E-state index contributed by atoms with van der Waals surface area (Å²) < 4.78 is 66.6. The van der Waals surface area contributed by atoms with Gasteiger partial charge in [0.1, 0.15) is 0 Å². The predicted molar refractivity (Wildman–Crippen MR) is 119 cm³/mol. The molecule has 1 aliphatic heterocycles. The Morgan fingerprint density at radius 3 is 2.31 bits per heavy atom. The monoisotopic (exact) mass is 504 g/mol. The topological polar surface area (TPSA) is 79.1 Å². The van der Waals surface area contributed by atoms with Gasteiger partial charge in [-0.2, -0.15) is 18.3 Å². The molecule has 0 atom stereocenters. The number of hydrogen-bond acceptors (Lipinski definition) is 6. The van der Waals surface area contributed by atoms with Crippen molar-refractivity contribution in [1.29, 1.82) is 0 Å². The van der Waals surface area contributed by atoms with E-state index in [9.17, 15) is 18.0 Å². The minimum absolute atomic E-state index is 0.0182. The van der Waals surface area contributed by atoms with E-state index in [0.29, 0.717) is 48.6 Å². The number of carbonyl (C=O) groups excluding carboxylic acids is 1. The molecule has 2 aliphatic rings. The predicted octanol–water partition coefficient (Wildman–Crippen LogP) is 4.90. The van der Waals surface area contributed by atoms with Crippen molar-refractivity contribution in [3.63, 3.8) is 0 Å². The molecule has 0 bridgehead atoms. The number of alkyl halides is 4. The van der Waals surface area contributed by atoms with Gasteiger partial charge in [0.25, 0.3) is 0 Å². The Balaban J connectivity index is 1.25. The zero-order valence-corrected chi connectivity index (χ0v) is 19.5. The SMILES string of the molecule is Cc1c(C(=O)Cc2ccc(C3(F)CCC4(CC3)OCCO4)nc2)cnn1-c1ccc(C(F)(F)F)cn1. The maximum absolute atomic E-state index is 15.6. The zero-order valence-electron chi connectivity index (χ0n) is 19.5. The number of ether oxygens (including phenoxy) is 2. The minimum Gasteiger partial charge on any atom is -0.348 e. The molecule has 1 spiro atoms. The standard InChI is InChI=1S/C25H24F4N4O3/c1-16-19(15-32-33(16)22-5-3-18(14-31-22)25(27,28)29)20(34)12-17-2-4-21(30-13-17)23(26)6-8-24(9-7-23)35-10-11-36-24/h2-5,13-15H,6-12H2,1H3. The van der Waals surface area contributed by atoms with E-state index in [1.54, 1.807) is 19.1 Å². The van der Waals surface area contributed by atoms with Crippen LogP contribution in [0.5, 0.6) is 0 Å². The van der Waals surface area contributed by atoms with Crippen LogP contribution in [0.25, 0.3) is 5.82 Å². The molecule has 190 valence electrons. The van der Waals surface area contributed by atoms with Gasteiger partial charge in [-0.3, -0.25) is 9.78 Å². The molecule has 1 saturated carbocycles. The first-order chi connectivity index (χ1) is 17.1. The van der Waals surface area contributed by atoms with Gasteiger partial charge >= 0.3 is 6.18 Å². The molecule has 11 heteroatoms. The Hall–Kier alpha value is -3.18. The molecule has 36 heavy (non-hydrogen) atoms. The fourth-order valence-electron chi connectivity index (χ4n) is 4.74. The number of hydrogen-bond donors (Lipinski definition) is 0. The molecule has 0 amide bonds. The molecule has 7 nitrogen and oxygen atoms in total. The average molecular weight is 504 g/mol. The van der Waals surface area contributed by atoms with Crippen LogP contribution in [0.15, 0.2) is 42.9 Å². The number of halogens is 4. The smallest absolute Gasteiger partial charge is 0.348 e. The van der Waals surface area contributed by atoms with Crippen LogP contribution in [0.4, 0.5) is 17.6 Å². The molecule has 0 N–H and O–H groups in total. The number of carbonyl (C=O) groups is 1. The van der Waals surface area contributed by atoms with Gasteiger partial charge in [0.15, 0.2) is 23.1 Å². The van der Waals surface area contributed by atoms with Gasteiger partial charge < -0.3 is 9.47 Å². The lowest BCUT2D eigenvalue weighted by Gasteiger charge is -2.38. The quantitative estimate of drug-likeness (QED) is 0.364. The van der Waals surface area contributed by atoms with Crippen LogP contribution in [0, 0.1) is 6.92 Å². The maximum atomic E-state index is 15.6. The summed E-state index contributed by atoms with van der Waals surface area (Å²) in [6.07, 6.45) is 0.523. The largest absolute Gasteiger partial charge is 0.417 e. The van der Waals surface area contributed by atoms with E-state index in [4.69, 9.17) is 9.47 Å². The molecular formula is C25H24F4N4O3. The molecular weight excluding hydrogens is 480 g/mol. The van der Waals surface area contributed by atoms with E-state index in [0.717, 1.165) is 12.3 Å². The molecule has 3 aromatic heterocycles. The summed E-state index contributed by atoms with van der Waals surface area (Å²) in [5, 5.41) is 4.12. The second kappa shape index (κ2) is 9.04. The van der Waals surface area contributed by atoms with E-state index >= 15 is 4.39 Å². The van der Waals surface area contributed by atoms with E-state index < -0.39 is 23.2 Å². The summed E-state index contributed by atoms with van der Waals surface area (Å²) in [6.45, 7) is 2.69. The van der Waals surface area contributed by atoms with Gasteiger partial charge in [-0.1, -0.05) is 6.07 Å². The van der Waals surface area contributed by atoms with Crippen molar-refractivity contribution in [3.8, 4) is 5.82 Å². The van der Waals surface area contributed by atoms with Crippen molar-refractivity contribution in [2.75, 3.05) is 13.2 Å². The normalized spacial score (nSPS) is 19.0. The fourth-order valence-corrected chi connectivity index (χ4v) is 4.74. The molecule has 5 rings (SSSR count). The number of nitrogens with zero attached hydrogens (tertiary/aromatic N) is 4. The minimum atomic E-state index is -4.49. The van der Waals surface area contributed by atoms with Crippen LogP contribution >= 0.6 is 0 Å². The third kappa shape index (κ3) is 4.64. The summed E-state index contributed by atoms with van der Waals surface area (Å²) in [5.74, 6) is -0.744. The van der Waals surface area contributed by atoms with E-state index in [-0.39, 0.29) is 30.9 Å². The Labute approximate surface area is 204 Å². The number of pyridine rings is 2. The summed E-state index contributed by atoms with van der Waals surface area (Å²) in [5.41, 5.74) is -0.740. The Morgan fingerprint density at radius 1 is 1.00 bits per heavy atom. The summed E-state index contributed by atoms with van der Waals surface area (Å²) >= 11 is 0. The molecule has 0 aromatic carbocycles. The molecule has 0 radical (unpaired) electrons. The Kier molecular flexibility index (Phi) is 6.16. The van der Waals surface area contributed by atoms with Gasteiger partial charge in [0, 0.05) is 31.7 Å². The van der Waals surface area contributed by atoms with Crippen LogP contribution in [0.3, 0.4) is 0 Å². The van der Waals surface area contributed by atoms with Crippen molar-refractivity contribution in [2.24, 2.45) is 0 Å². The average Bonchev–Trinajstić information content (AvgIpc) is 3.48. The second-order valence-corrected chi connectivity index (χ2v) is 9.18. The van der Waals surface area contributed by atoms with Crippen molar-refractivity contribution in [2.45, 2.75) is 56.7 Å². The Morgan fingerprint density at radius 2 is 1.72 bits per heavy atom.